The number of aliphatic hydroxyl groups is 1. The molecule has 0 radical (unpaired) electrons. The number of amides is 3. The van der Waals surface area contributed by atoms with Gasteiger partial charge >= 0.3 is 6.18 Å². The molecule has 0 bridgehead atoms. The Kier molecular flexibility index (Phi) is 6.21. The van der Waals surface area contributed by atoms with Gasteiger partial charge in [0.1, 0.15) is 0 Å². The number of hydrogen-bond acceptors (Lipinski definition) is 4. The lowest BCUT2D eigenvalue weighted by Gasteiger charge is -2.18. The van der Waals surface area contributed by atoms with Crippen molar-refractivity contribution in [2.45, 2.75) is 25.1 Å². The molecule has 6 nitrogen and oxygen atoms in total. The van der Waals surface area contributed by atoms with E-state index in [0.717, 1.165) is 17.0 Å². The molecule has 2 aromatic rings. The maximum absolute atomic E-state index is 13.0. The van der Waals surface area contributed by atoms with Gasteiger partial charge in [0.25, 0.3) is 11.8 Å². The molecular weight excluding hydrogens is 401 g/mol. The van der Waals surface area contributed by atoms with E-state index in [1.54, 1.807) is 24.3 Å². The van der Waals surface area contributed by atoms with E-state index in [4.69, 9.17) is 0 Å². The normalized spacial score (nSPS) is 14.6. The van der Waals surface area contributed by atoms with Crippen molar-refractivity contribution in [3.8, 4) is 0 Å². The van der Waals surface area contributed by atoms with E-state index in [0.29, 0.717) is 11.1 Å². The minimum atomic E-state index is -4.62. The number of benzene rings is 2. The average Bonchev–Trinajstić information content (AvgIpc) is 2.96. The van der Waals surface area contributed by atoms with E-state index in [2.05, 4.69) is 5.32 Å². The third-order valence-corrected chi connectivity index (χ3v) is 4.78. The number of halogens is 3. The minimum absolute atomic E-state index is 0.0409. The molecule has 0 spiro atoms. The Morgan fingerprint density at radius 2 is 1.57 bits per heavy atom. The van der Waals surface area contributed by atoms with Crippen LogP contribution < -0.4 is 5.32 Å². The largest absolute Gasteiger partial charge is 0.416 e. The molecule has 1 atom stereocenters. The highest BCUT2D eigenvalue weighted by Gasteiger charge is 2.35. The van der Waals surface area contributed by atoms with E-state index in [9.17, 15) is 32.7 Å². The highest BCUT2D eigenvalue weighted by Crippen LogP contribution is 2.34. The Balaban J connectivity index is 1.49. The van der Waals surface area contributed by atoms with Crippen molar-refractivity contribution in [2.75, 3.05) is 13.1 Å². The summed E-state index contributed by atoms with van der Waals surface area (Å²) >= 11 is 0. The van der Waals surface area contributed by atoms with Crippen molar-refractivity contribution in [3.05, 3.63) is 70.8 Å². The number of hydrogen-bond donors (Lipinski definition) is 2. The number of fused-ring (bicyclic) bond motifs is 1. The molecule has 0 saturated carbocycles. The number of carbonyl (C=O) groups excluding carboxylic acids is 3. The Morgan fingerprint density at radius 1 is 1.00 bits per heavy atom. The zero-order valence-corrected chi connectivity index (χ0v) is 15.8. The van der Waals surface area contributed by atoms with Crippen LogP contribution in [0.1, 0.15) is 50.8 Å². The summed E-state index contributed by atoms with van der Waals surface area (Å²) in [6, 6.07) is 11.0. The molecule has 9 heteroatoms. The van der Waals surface area contributed by atoms with Crippen molar-refractivity contribution in [3.63, 3.8) is 0 Å². The molecule has 1 heterocycles. The third-order valence-electron chi connectivity index (χ3n) is 4.78. The lowest BCUT2D eigenvalue weighted by molar-refractivity contribution is -0.139. The second kappa shape index (κ2) is 8.66. The Morgan fingerprint density at radius 3 is 2.17 bits per heavy atom. The second-order valence-corrected chi connectivity index (χ2v) is 6.82. The average molecular weight is 420 g/mol. The molecule has 30 heavy (non-hydrogen) atoms. The number of rotatable bonds is 7. The van der Waals surface area contributed by atoms with Crippen LogP contribution in [0.2, 0.25) is 0 Å². The third kappa shape index (κ3) is 4.51. The molecule has 1 unspecified atom stereocenters. The van der Waals surface area contributed by atoms with Crippen LogP contribution in [-0.2, 0) is 11.0 Å². The summed E-state index contributed by atoms with van der Waals surface area (Å²) in [5, 5.41) is 12.4. The predicted molar refractivity (Wildman–Crippen MR) is 100 cm³/mol. The van der Waals surface area contributed by atoms with Gasteiger partial charge in [0.05, 0.1) is 22.8 Å². The second-order valence-electron chi connectivity index (χ2n) is 6.82. The number of nitrogens with zero attached hydrogens (tertiary/aromatic N) is 1. The Bertz CT molecular complexity index is 940. The highest BCUT2D eigenvalue weighted by molar-refractivity contribution is 6.21. The van der Waals surface area contributed by atoms with Crippen LogP contribution in [0.3, 0.4) is 0 Å². The maximum Gasteiger partial charge on any atom is 0.416 e. The van der Waals surface area contributed by atoms with Crippen LogP contribution in [0.25, 0.3) is 0 Å². The quantitative estimate of drug-likeness (QED) is 0.675. The van der Waals surface area contributed by atoms with Crippen LogP contribution in [0.5, 0.6) is 0 Å². The van der Waals surface area contributed by atoms with Crippen molar-refractivity contribution < 1.29 is 32.7 Å². The van der Waals surface area contributed by atoms with Gasteiger partial charge in [0.15, 0.2) is 0 Å². The first kappa shape index (κ1) is 21.5. The minimum Gasteiger partial charge on any atom is -0.387 e. The van der Waals surface area contributed by atoms with Crippen molar-refractivity contribution in [1.82, 2.24) is 10.2 Å². The van der Waals surface area contributed by atoms with Gasteiger partial charge in [0.2, 0.25) is 5.91 Å². The lowest BCUT2D eigenvalue weighted by Crippen LogP contribution is -2.33. The summed E-state index contributed by atoms with van der Waals surface area (Å²) in [7, 11) is 0. The molecule has 0 saturated heterocycles. The molecule has 3 amide bonds. The zero-order valence-electron chi connectivity index (χ0n) is 15.8. The maximum atomic E-state index is 13.0. The first-order chi connectivity index (χ1) is 14.2. The summed E-state index contributed by atoms with van der Waals surface area (Å²) in [4.78, 5) is 37.5. The molecular formula is C21H19F3N2O4. The zero-order chi connectivity index (χ0) is 21.9. The van der Waals surface area contributed by atoms with Crippen molar-refractivity contribution in [2.24, 2.45) is 0 Å². The van der Waals surface area contributed by atoms with Crippen molar-refractivity contribution in [1.29, 1.82) is 0 Å². The molecule has 0 aliphatic carbocycles. The van der Waals surface area contributed by atoms with Gasteiger partial charge in [0, 0.05) is 19.5 Å². The SMILES string of the molecule is O=C(CCCN1C(=O)c2ccccc2C1=O)NCC(O)c1ccccc1C(F)(F)F. The van der Waals surface area contributed by atoms with Gasteiger partial charge in [-0.3, -0.25) is 19.3 Å². The first-order valence-corrected chi connectivity index (χ1v) is 9.26. The van der Waals surface area contributed by atoms with Crippen molar-refractivity contribution >= 4 is 17.7 Å². The molecule has 3 rings (SSSR count). The highest BCUT2D eigenvalue weighted by atomic mass is 19.4. The van der Waals surface area contributed by atoms with Gasteiger partial charge in [-0.2, -0.15) is 13.2 Å². The standard InChI is InChI=1S/C21H19F3N2O4/c22-21(23,24)16-9-4-3-8-15(16)17(27)12-25-18(28)10-5-11-26-19(29)13-6-1-2-7-14(13)20(26)30/h1-4,6-9,17,27H,5,10-12H2,(H,25,28). The van der Waals surface area contributed by atoms with E-state index in [-0.39, 0.29) is 31.5 Å². The van der Waals surface area contributed by atoms with Gasteiger partial charge < -0.3 is 10.4 Å². The van der Waals surface area contributed by atoms with E-state index in [1.165, 1.54) is 12.1 Å². The van der Waals surface area contributed by atoms with Crippen LogP contribution in [0.4, 0.5) is 13.2 Å². The smallest absolute Gasteiger partial charge is 0.387 e. The van der Waals surface area contributed by atoms with E-state index >= 15 is 0 Å². The van der Waals surface area contributed by atoms with E-state index in [1.807, 2.05) is 0 Å². The Hall–Kier alpha value is -3.20. The predicted octanol–water partition coefficient (Wildman–Crippen LogP) is 2.93. The van der Waals surface area contributed by atoms with Crippen LogP contribution in [0.15, 0.2) is 48.5 Å². The molecule has 2 N–H and O–H groups in total. The lowest BCUT2D eigenvalue weighted by atomic mass is 10.0. The molecule has 1 aliphatic rings. The van der Waals surface area contributed by atoms with Gasteiger partial charge in [-0.15, -0.1) is 0 Å². The molecule has 0 fully saturated rings. The summed E-state index contributed by atoms with van der Waals surface area (Å²) in [6.45, 7) is -0.349. The number of imide groups is 1. The molecule has 2 aromatic carbocycles. The van der Waals surface area contributed by atoms with Crippen LogP contribution in [-0.4, -0.2) is 40.8 Å². The van der Waals surface area contributed by atoms with Gasteiger partial charge in [-0.25, -0.2) is 0 Å². The number of nitrogens with one attached hydrogen (secondary N) is 1. The summed E-state index contributed by atoms with van der Waals surface area (Å²) in [6.07, 6.45) is -6.01. The number of aliphatic hydroxyl groups excluding tert-OH is 1. The first-order valence-electron chi connectivity index (χ1n) is 9.26. The van der Waals surface area contributed by atoms with Crippen LogP contribution in [0, 0.1) is 0 Å². The number of alkyl halides is 3. The molecule has 1 aliphatic heterocycles. The monoisotopic (exact) mass is 420 g/mol. The Labute approximate surface area is 170 Å². The number of carbonyl (C=O) groups is 3. The fourth-order valence-electron chi connectivity index (χ4n) is 3.29. The summed E-state index contributed by atoms with van der Waals surface area (Å²) < 4.78 is 39.1. The van der Waals surface area contributed by atoms with Gasteiger partial charge in [-0.05, 0) is 30.2 Å². The summed E-state index contributed by atoms with van der Waals surface area (Å²) in [5.74, 6) is -1.35. The van der Waals surface area contributed by atoms with E-state index < -0.39 is 35.6 Å². The fraction of sp³-hybridized carbons (Fsp3) is 0.286. The topological polar surface area (TPSA) is 86.7 Å². The summed E-state index contributed by atoms with van der Waals surface area (Å²) in [5.41, 5.74) is -0.648. The molecule has 0 aromatic heterocycles. The van der Waals surface area contributed by atoms with Gasteiger partial charge in [-0.1, -0.05) is 30.3 Å². The fourth-order valence-corrected chi connectivity index (χ4v) is 3.29. The molecule has 158 valence electrons. The van der Waals surface area contributed by atoms with Crippen LogP contribution >= 0.6 is 0 Å².